The Morgan fingerprint density at radius 1 is 0.959 bits per heavy atom. The van der Waals surface area contributed by atoms with Gasteiger partial charge in [-0.2, -0.15) is 5.10 Å². The number of hydrogen-bond acceptors (Lipinski definition) is 10. The number of methoxy groups -OCH3 is 2. The summed E-state index contributed by atoms with van der Waals surface area (Å²) in [6.07, 6.45) is 2.66. The van der Waals surface area contributed by atoms with Crippen molar-refractivity contribution in [2.75, 3.05) is 71.5 Å². The van der Waals surface area contributed by atoms with Crippen molar-refractivity contribution in [1.82, 2.24) is 24.6 Å². The summed E-state index contributed by atoms with van der Waals surface area (Å²) in [7, 11) is 2.97. The number of Topliss-reactive ketones (excluding diaryl/α,β-unsaturated/α-hetero) is 1. The molecule has 1 fully saturated rings. The van der Waals surface area contributed by atoms with Gasteiger partial charge in [0.2, 0.25) is 5.91 Å². The smallest absolute Gasteiger partial charge is 0.219 e. The van der Waals surface area contributed by atoms with Crippen LogP contribution in [0.5, 0.6) is 17.2 Å². The Kier molecular flexibility index (Phi) is 11.4. The summed E-state index contributed by atoms with van der Waals surface area (Å²) in [5.74, 6) is -0.512. The number of nitrogens with zero attached hydrogens (tertiary/aromatic N) is 6. The van der Waals surface area contributed by atoms with Gasteiger partial charge in [-0.25, -0.2) is 18.4 Å². The second kappa shape index (κ2) is 15.9. The number of anilines is 1. The van der Waals surface area contributed by atoms with E-state index >= 15 is 4.39 Å². The van der Waals surface area contributed by atoms with E-state index in [9.17, 15) is 19.1 Å². The van der Waals surface area contributed by atoms with Gasteiger partial charge in [0.25, 0.3) is 0 Å². The lowest BCUT2D eigenvalue weighted by atomic mass is 9.92. The Morgan fingerprint density at radius 2 is 1.69 bits per heavy atom. The fourth-order valence-corrected chi connectivity index (χ4v) is 5.88. The van der Waals surface area contributed by atoms with Crippen molar-refractivity contribution < 1.29 is 37.7 Å². The van der Waals surface area contributed by atoms with Crippen molar-refractivity contribution in [2.24, 2.45) is 0 Å². The molecule has 0 radical (unpaired) electrons. The summed E-state index contributed by atoms with van der Waals surface area (Å²) >= 11 is 0. The van der Waals surface area contributed by atoms with E-state index in [1.54, 1.807) is 30.0 Å². The Hall–Kier alpha value is -5.08. The highest BCUT2D eigenvalue weighted by Gasteiger charge is 2.36. The largest absolute Gasteiger partial charge is 0.493 e. The summed E-state index contributed by atoms with van der Waals surface area (Å²) < 4.78 is 47.2. The number of piperazine rings is 1. The molecular weight excluding hydrogens is 638 g/mol. The van der Waals surface area contributed by atoms with E-state index in [2.05, 4.69) is 15.0 Å². The van der Waals surface area contributed by atoms with E-state index in [4.69, 9.17) is 14.2 Å². The highest BCUT2D eigenvalue weighted by molar-refractivity contribution is 5.98. The maximum atomic E-state index is 15.2. The number of ketones is 1. The minimum atomic E-state index is -1.95. The Balaban J connectivity index is 1.34. The topological polar surface area (TPSA) is 122 Å². The summed E-state index contributed by atoms with van der Waals surface area (Å²) in [5, 5.41) is 16.1. The van der Waals surface area contributed by atoms with Gasteiger partial charge in [-0.05, 0) is 48.5 Å². The zero-order chi connectivity index (χ0) is 35.0. The van der Waals surface area contributed by atoms with E-state index in [0.29, 0.717) is 42.0 Å². The molecule has 3 aromatic carbocycles. The molecule has 2 heterocycles. The molecule has 12 nitrogen and oxygen atoms in total. The molecule has 1 atom stereocenters. The molecule has 1 aliphatic rings. The highest BCUT2D eigenvalue weighted by Crippen LogP contribution is 2.30. The Morgan fingerprint density at radius 3 is 2.33 bits per heavy atom. The van der Waals surface area contributed by atoms with E-state index < -0.39 is 17.2 Å². The molecule has 1 N–H and O–H groups in total. The number of carbonyl (C=O) groups excluding carboxylic acids is 2. The average molecular weight is 679 g/mol. The van der Waals surface area contributed by atoms with Gasteiger partial charge < -0.3 is 29.1 Å². The molecule has 1 amide bonds. The third-order valence-electron chi connectivity index (χ3n) is 8.48. The van der Waals surface area contributed by atoms with Gasteiger partial charge in [0, 0.05) is 69.1 Å². The summed E-state index contributed by atoms with van der Waals surface area (Å²) in [4.78, 5) is 34.9. The first-order chi connectivity index (χ1) is 23.6. The normalized spacial score (nSPS) is 14.4. The van der Waals surface area contributed by atoms with Gasteiger partial charge in [-0.15, -0.1) is 0 Å². The Labute approximate surface area is 283 Å². The second-order valence-electron chi connectivity index (χ2n) is 11.8. The lowest BCUT2D eigenvalue weighted by Crippen LogP contribution is -2.48. The number of aliphatic hydroxyl groups is 1. The molecule has 14 heteroatoms. The highest BCUT2D eigenvalue weighted by atomic mass is 19.1. The van der Waals surface area contributed by atoms with Crippen LogP contribution in [0.4, 0.5) is 14.5 Å². The minimum Gasteiger partial charge on any atom is -0.493 e. The summed E-state index contributed by atoms with van der Waals surface area (Å²) in [6.45, 7) is 4.02. The number of rotatable bonds is 15. The van der Waals surface area contributed by atoms with Gasteiger partial charge >= 0.3 is 0 Å². The van der Waals surface area contributed by atoms with E-state index in [1.165, 1.54) is 37.6 Å². The quantitative estimate of drug-likeness (QED) is 0.187. The van der Waals surface area contributed by atoms with Crippen molar-refractivity contribution in [2.45, 2.75) is 19.1 Å². The predicted octanol–water partition coefficient (Wildman–Crippen LogP) is 3.39. The number of ether oxygens (including phenoxy) is 3. The molecule has 4 aromatic rings. The first-order valence-corrected chi connectivity index (χ1v) is 15.8. The second-order valence-corrected chi connectivity index (χ2v) is 11.8. The van der Waals surface area contributed by atoms with Gasteiger partial charge in [0.1, 0.15) is 42.2 Å². The predicted molar refractivity (Wildman–Crippen MR) is 177 cm³/mol. The number of amides is 1. The molecule has 0 saturated carbocycles. The van der Waals surface area contributed by atoms with Crippen molar-refractivity contribution in [3.05, 3.63) is 96.1 Å². The standard InChI is InChI=1S/C35H40F2N6O6/c1-25(44)41-12-14-42(15-13-41)28-6-8-29(9-7-28)49-17-16-40(20-32(45)26-4-11-33(47-2)34(18-26)48-3)21-35(46,22-43-24-38-23-39-43)30-10-5-27(36)19-31(30)37/h4-11,18-19,23-24,46H,12-17,20-22H2,1-3H3. The van der Waals surface area contributed by atoms with Crippen LogP contribution < -0.4 is 19.1 Å². The monoisotopic (exact) mass is 678 g/mol. The third-order valence-corrected chi connectivity index (χ3v) is 8.48. The van der Waals surface area contributed by atoms with Crippen LogP contribution in [0.25, 0.3) is 0 Å². The lowest BCUT2D eigenvalue weighted by molar-refractivity contribution is -0.129. The molecule has 1 aliphatic heterocycles. The molecule has 0 spiro atoms. The van der Waals surface area contributed by atoms with Crippen LogP contribution in [0.3, 0.4) is 0 Å². The molecule has 260 valence electrons. The van der Waals surface area contributed by atoms with Gasteiger partial charge in [0.15, 0.2) is 17.3 Å². The van der Waals surface area contributed by atoms with Crippen molar-refractivity contribution >= 4 is 17.4 Å². The Bertz CT molecular complexity index is 1720. The molecule has 1 saturated heterocycles. The summed E-state index contributed by atoms with van der Waals surface area (Å²) in [6, 6.07) is 15.4. The third kappa shape index (κ3) is 8.89. The zero-order valence-corrected chi connectivity index (χ0v) is 27.7. The maximum Gasteiger partial charge on any atom is 0.219 e. The number of benzene rings is 3. The molecule has 49 heavy (non-hydrogen) atoms. The first-order valence-electron chi connectivity index (χ1n) is 15.8. The van der Waals surface area contributed by atoms with Gasteiger partial charge in [0.05, 0.1) is 27.3 Å². The SMILES string of the molecule is COc1ccc(C(=O)CN(CCOc2ccc(N3CCN(C(C)=O)CC3)cc2)CC(O)(Cn2cncn2)c2ccc(F)cc2F)cc1OC. The van der Waals surface area contributed by atoms with Gasteiger partial charge in [-0.1, -0.05) is 6.07 Å². The molecule has 0 bridgehead atoms. The average Bonchev–Trinajstić information content (AvgIpc) is 3.60. The van der Waals surface area contributed by atoms with Crippen LogP contribution in [0.1, 0.15) is 22.8 Å². The lowest BCUT2D eigenvalue weighted by Gasteiger charge is -2.35. The number of halogens is 2. The molecule has 0 aliphatic carbocycles. The van der Waals surface area contributed by atoms with E-state index in [1.807, 2.05) is 29.2 Å². The summed E-state index contributed by atoms with van der Waals surface area (Å²) in [5.41, 5.74) is -0.751. The van der Waals surface area contributed by atoms with E-state index in [-0.39, 0.29) is 50.0 Å². The van der Waals surface area contributed by atoms with Crippen molar-refractivity contribution in [1.29, 1.82) is 0 Å². The zero-order valence-electron chi connectivity index (χ0n) is 27.7. The first kappa shape index (κ1) is 35.2. The van der Waals surface area contributed by atoms with Crippen LogP contribution in [0.2, 0.25) is 0 Å². The minimum absolute atomic E-state index is 0.0718. The van der Waals surface area contributed by atoms with E-state index in [0.717, 1.165) is 24.8 Å². The maximum absolute atomic E-state index is 15.2. The van der Waals surface area contributed by atoms with Gasteiger partial charge in [-0.3, -0.25) is 14.5 Å². The number of hydrogen-bond donors (Lipinski definition) is 1. The van der Waals surface area contributed by atoms with Crippen LogP contribution in [0, 0.1) is 11.6 Å². The molecular formula is C35H40F2N6O6. The molecule has 1 aromatic heterocycles. The van der Waals surface area contributed by atoms with Crippen LogP contribution >= 0.6 is 0 Å². The van der Waals surface area contributed by atoms with Crippen molar-refractivity contribution in [3.63, 3.8) is 0 Å². The van der Waals surface area contributed by atoms with Crippen molar-refractivity contribution in [3.8, 4) is 17.2 Å². The number of aromatic nitrogens is 3. The fourth-order valence-electron chi connectivity index (χ4n) is 5.88. The number of carbonyl (C=O) groups is 2. The van der Waals surface area contributed by atoms with Crippen LogP contribution in [-0.4, -0.2) is 108 Å². The fraction of sp³-hybridized carbons (Fsp3) is 0.371. The van der Waals surface area contributed by atoms with Crippen LogP contribution in [0.15, 0.2) is 73.3 Å². The molecule has 1 unspecified atom stereocenters. The van der Waals surface area contributed by atoms with Crippen LogP contribution in [-0.2, 0) is 16.9 Å². The molecule has 5 rings (SSSR count).